The normalized spacial score (nSPS) is 23.3. The molecule has 0 saturated carbocycles. The quantitative estimate of drug-likeness (QED) is 0.589. The maximum Gasteiger partial charge on any atom is 0.407 e. The second-order valence-electron chi connectivity index (χ2n) is 10.7. The van der Waals surface area contributed by atoms with E-state index in [2.05, 4.69) is 10.3 Å². The molecule has 1 saturated heterocycles. The summed E-state index contributed by atoms with van der Waals surface area (Å²) < 4.78 is 16.8. The minimum Gasteiger partial charge on any atom is -0.472 e. The smallest absolute Gasteiger partial charge is 0.407 e. The van der Waals surface area contributed by atoms with Crippen molar-refractivity contribution in [2.24, 2.45) is 5.41 Å². The summed E-state index contributed by atoms with van der Waals surface area (Å²) in [7, 11) is 0. The number of Topliss-reactive ketones (excluding diaryl/α,β-unsaturated/α-hetero) is 1. The first-order chi connectivity index (χ1) is 18.1. The highest BCUT2D eigenvalue weighted by atomic mass is 16.5. The summed E-state index contributed by atoms with van der Waals surface area (Å²) >= 11 is 0. The van der Waals surface area contributed by atoms with Crippen molar-refractivity contribution in [3.05, 3.63) is 36.0 Å². The van der Waals surface area contributed by atoms with Crippen molar-refractivity contribution in [3.63, 3.8) is 0 Å². The Balaban J connectivity index is 1.73. The molecule has 4 rings (SSSR count). The van der Waals surface area contributed by atoms with Gasteiger partial charge in [0.1, 0.15) is 18.2 Å². The number of cyclic esters (lactones) is 1. The van der Waals surface area contributed by atoms with Crippen molar-refractivity contribution in [1.82, 2.24) is 15.2 Å². The number of esters is 1. The second-order valence-corrected chi connectivity index (χ2v) is 10.7. The first-order valence-electron chi connectivity index (χ1n) is 13.1. The third kappa shape index (κ3) is 6.06. The number of rotatable bonds is 2. The topological polar surface area (TPSA) is 124 Å². The van der Waals surface area contributed by atoms with E-state index in [0.29, 0.717) is 36.1 Å². The molecule has 0 unspecified atom stereocenters. The Morgan fingerprint density at radius 3 is 2.71 bits per heavy atom. The largest absolute Gasteiger partial charge is 0.472 e. The molecule has 2 aromatic rings. The first-order valence-corrected chi connectivity index (χ1v) is 13.1. The molecular weight excluding hydrogens is 490 g/mol. The Hall–Kier alpha value is -3.69. The van der Waals surface area contributed by atoms with Crippen LogP contribution in [0, 0.1) is 5.41 Å². The van der Waals surface area contributed by atoms with Gasteiger partial charge in [-0.05, 0) is 42.7 Å². The van der Waals surface area contributed by atoms with Crippen LogP contribution in [0.2, 0.25) is 0 Å². The Bertz CT molecular complexity index is 1220. The predicted octanol–water partition coefficient (Wildman–Crippen LogP) is 3.65. The zero-order chi connectivity index (χ0) is 27.4. The van der Waals surface area contributed by atoms with Crippen molar-refractivity contribution in [2.45, 2.75) is 71.6 Å². The Labute approximate surface area is 222 Å². The van der Waals surface area contributed by atoms with Crippen molar-refractivity contribution in [1.29, 1.82) is 0 Å². The zero-order valence-electron chi connectivity index (χ0n) is 22.3. The molecule has 0 radical (unpaired) electrons. The van der Waals surface area contributed by atoms with Crippen LogP contribution in [0.3, 0.4) is 0 Å². The van der Waals surface area contributed by atoms with Gasteiger partial charge < -0.3 is 24.4 Å². The molecule has 10 nitrogen and oxygen atoms in total. The minimum atomic E-state index is -0.954. The van der Waals surface area contributed by atoms with Crippen LogP contribution in [0.5, 0.6) is 5.88 Å². The van der Waals surface area contributed by atoms with Gasteiger partial charge in [0.05, 0.1) is 19.8 Å². The van der Waals surface area contributed by atoms with Crippen LogP contribution in [0.25, 0.3) is 10.8 Å². The standard InChI is InChI=1S/C28H35N3O7/c1-5-36-26(34)21-15-19-16-31(21)25(33)23(28(2,3)4)30-27(35)37-13-7-6-8-22(32)18-10-9-17-11-12-29-24(38-19)20(17)14-18/h9-12,14,19,21,23H,5-8,13,15-16H2,1-4H3,(H,30,35)/t19-,21+,23-/m1/s1. The molecule has 2 aliphatic heterocycles. The lowest BCUT2D eigenvalue weighted by Gasteiger charge is -2.34. The maximum atomic E-state index is 13.8. The second kappa shape index (κ2) is 11.4. The fourth-order valence-corrected chi connectivity index (χ4v) is 4.83. The lowest BCUT2D eigenvalue weighted by atomic mass is 9.85. The molecule has 10 heteroatoms. The Morgan fingerprint density at radius 2 is 1.97 bits per heavy atom. The zero-order valence-corrected chi connectivity index (χ0v) is 22.3. The summed E-state index contributed by atoms with van der Waals surface area (Å²) in [4.78, 5) is 58.0. The van der Waals surface area contributed by atoms with E-state index in [0.717, 1.165) is 5.39 Å². The number of fused-ring (bicyclic) bond motifs is 3. The highest BCUT2D eigenvalue weighted by Gasteiger charge is 2.46. The van der Waals surface area contributed by atoms with Crippen molar-refractivity contribution < 1.29 is 33.4 Å². The van der Waals surface area contributed by atoms with Gasteiger partial charge in [-0.15, -0.1) is 0 Å². The van der Waals surface area contributed by atoms with E-state index in [1.165, 1.54) is 4.90 Å². The summed E-state index contributed by atoms with van der Waals surface area (Å²) in [5, 5.41) is 4.23. The fourth-order valence-electron chi connectivity index (χ4n) is 4.83. The molecule has 0 spiro atoms. The highest BCUT2D eigenvalue weighted by Crippen LogP contribution is 2.31. The van der Waals surface area contributed by atoms with Gasteiger partial charge in [0.2, 0.25) is 11.8 Å². The number of nitrogens with one attached hydrogen (secondary N) is 1. The third-order valence-electron chi connectivity index (χ3n) is 6.84. The van der Waals surface area contributed by atoms with E-state index >= 15 is 0 Å². The molecule has 1 N–H and O–H groups in total. The molecule has 1 fully saturated rings. The van der Waals surface area contributed by atoms with E-state index in [-0.39, 0.29) is 32.0 Å². The average molecular weight is 526 g/mol. The van der Waals surface area contributed by atoms with Gasteiger partial charge in [0, 0.05) is 30.0 Å². The van der Waals surface area contributed by atoms with Crippen LogP contribution in [0.4, 0.5) is 4.79 Å². The van der Waals surface area contributed by atoms with Gasteiger partial charge in [-0.2, -0.15) is 0 Å². The molecule has 0 aliphatic carbocycles. The molecule has 1 aromatic carbocycles. The van der Waals surface area contributed by atoms with E-state index in [1.807, 2.05) is 32.9 Å². The lowest BCUT2D eigenvalue weighted by Crippen LogP contribution is -2.57. The monoisotopic (exact) mass is 525 g/mol. The molecule has 3 heterocycles. The first kappa shape index (κ1) is 27.3. The molecule has 2 aliphatic rings. The van der Waals surface area contributed by atoms with Crippen molar-refractivity contribution >= 4 is 34.5 Å². The van der Waals surface area contributed by atoms with E-state index in [4.69, 9.17) is 14.2 Å². The van der Waals surface area contributed by atoms with Crippen LogP contribution in [0.15, 0.2) is 30.5 Å². The molecule has 4 bridgehead atoms. The molecule has 3 atom stereocenters. The summed E-state index contributed by atoms with van der Waals surface area (Å²) in [6.07, 6.45) is 1.87. The summed E-state index contributed by atoms with van der Waals surface area (Å²) in [6, 6.07) is 5.39. The van der Waals surface area contributed by atoms with Crippen LogP contribution < -0.4 is 10.1 Å². The average Bonchev–Trinajstić information content (AvgIpc) is 3.29. The van der Waals surface area contributed by atoms with Gasteiger partial charge >= 0.3 is 12.1 Å². The summed E-state index contributed by atoms with van der Waals surface area (Å²) in [5.41, 5.74) is -0.134. The molecule has 204 valence electrons. The van der Waals surface area contributed by atoms with Gasteiger partial charge in [-0.1, -0.05) is 32.9 Å². The van der Waals surface area contributed by atoms with Crippen molar-refractivity contribution in [3.8, 4) is 5.88 Å². The molecular formula is C28H35N3O7. The number of aromatic nitrogens is 1. The van der Waals surface area contributed by atoms with Gasteiger partial charge in [-0.25, -0.2) is 14.6 Å². The lowest BCUT2D eigenvalue weighted by molar-refractivity contribution is -0.154. The van der Waals surface area contributed by atoms with Crippen LogP contribution in [0.1, 0.15) is 63.7 Å². The maximum absolute atomic E-state index is 13.8. The molecule has 1 aromatic heterocycles. The SMILES string of the molecule is CCOC(=O)[C@@H]1C[C@@H]2CN1C(=O)[C@H](C(C)(C)C)NC(=O)OCCCCC(=O)c1ccc3ccnc(c3c1)O2. The van der Waals surface area contributed by atoms with Gasteiger partial charge in [0.25, 0.3) is 0 Å². The van der Waals surface area contributed by atoms with Crippen LogP contribution >= 0.6 is 0 Å². The van der Waals surface area contributed by atoms with E-state index < -0.39 is 41.6 Å². The van der Waals surface area contributed by atoms with Crippen LogP contribution in [-0.2, 0) is 19.1 Å². The highest BCUT2D eigenvalue weighted by molar-refractivity contribution is 6.01. The summed E-state index contributed by atoms with van der Waals surface area (Å²) in [5.74, 6) is -0.653. The Morgan fingerprint density at radius 1 is 1.18 bits per heavy atom. The fraction of sp³-hybridized carbons (Fsp3) is 0.536. The number of carbonyl (C=O) groups is 4. The number of pyridine rings is 1. The third-order valence-corrected chi connectivity index (χ3v) is 6.84. The number of nitrogens with zero attached hydrogens (tertiary/aromatic N) is 2. The van der Waals surface area contributed by atoms with Crippen LogP contribution in [-0.4, -0.2) is 71.6 Å². The number of amides is 2. The molecule has 2 amide bonds. The van der Waals surface area contributed by atoms with Crippen molar-refractivity contribution in [2.75, 3.05) is 19.8 Å². The molecule has 38 heavy (non-hydrogen) atoms. The van der Waals surface area contributed by atoms with Gasteiger partial charge in [-0.3, -0.25) is 9.59 Å². The summed E-state index contributed by atoms with van der Waals surface area (Å²) in [6.45, 7) is 7.56. The number of benzene rings is 1. The van der Waals surface area contributed by atoms with E-state index in [9.17, 15) is 19.2 Å². The number of hydrogen-bond acceptors (Lipinski definition) is 8. The Kier molecular flexibility index (Phi) is 8.18. The number of hydrogen-bond donors (Lipinski definition) is 1. The van der Waals surface area contributed by atoms with E-state index in [1.54, 1.807) is 25.3 Å². The minimum absolute atomic E-state index is 0.0277. The number of carbonyl (C=O) groups excluding carboxylic acids is 4. The van der Waals surface area contributed by atoms with Gasteiger partial charge in [0.15, 0.2) is 5.78 Å². The predicted molar refractivity (Wildman–Crippen MR) is 139 cm³/mol. The number of alkyl carbamates (subject to hydrolysis) is 1. The number of ketones is 1. The number of ether oxygens (including phenoxy) is 3.